The number of anilines is 2. The summed E-state index contributed by atoms with van der Waals surface area (Å²) in [6, 6.07) is 7.66. The van der Waals surface area contributed by atoms with Crippen LogP contribution in [0, 0.1) is 5.82 Å². The molecule has 1 fully saturated rings. The van der Waals surface area contributed by atoms with Crippen molar-refractivity contribution < 1.29 is 4.39 Å². The van der Waals surface area contributed by atoms with Crippen LogP contribution < -0.4 is 10.6 Å². The molecule has 1 aromatic carbocycles. The van der Waals surface area contributed by atoms with E-state index in [0.29, 0.717) is 16.8 Å². The second kappa shape index (κ2) is 8.48. The lowest BCUT2D eigenvalue weighted by molar-refractivity contribution is 0.169. The van der Waals surface area contributed by atoms with Gasteiger partial charge in [0.25, 0.3) is 0 Å². The average molecular weight is 459 g/mol. The van der Waals surface area contributed by atoms with Crippen molar-refractivity contribution in [3.63, 3.8) is 0 Å². The minimum atomic E-state index is -0.372. The summed E-state index contributed by atoms with van der Waals surface area (Å²) in [5, 5.41) is 15.4. The van der Waals surface area contributed by atoms with Crippen LogP contribution in [0.1, 0.15) is 30.1 Å². The molecule has 1 atom stereocenters. The van der Waals surface area contributed by atoms with Crippen molar-refractivity contribution in [2.75, 3.05) is 36.8 Å². The van der Waals surface area contributed by atoms with Crippen molar-refractivity contribution in [2.24, 2.45) is 0 Å². The number of nitrogens with zero attached hydrogens (tertiary/aromatic N) is 7. The number of tetrazole rings is 1. The van der Waals surface area contributed by atoms with Crippen molar-refractivity contribution in [3.8, 4) is 0 Å². The van der Waals surface area contributed by atoms with Crippen LogP contribution >= 0.6 is 22.7 Å². The number of hydrogen-bond donors (Lipinski definition) is 1. The Morgan fingerprint density at radius 3 is 2.77 bits per heavy atom. The molecule has 8 nitrogen and oxygen atoms in total. The Balaban J connectivity index is 1.30. The second-order valence-corrected chi connectivity index (χ2v) is 9.54. The zero-order chi connectivity index (χ0) is 21.4. The van der Waals surface area contributed by atoms with E-state index >= 15 is 0 Å². The molecule has 0 radical (unpaired) electrons. The maximum absolute atomic E-state index is 14.3. The molecule has 1 aliphatic rings. The van der Waals surface area contributed by atoms with Crippen molar-refractivity contribution in [1.82, 2.24) is 30.1 Å². The van der Waals surface area contributed by atoms with Crippen LogP contribution in [-0.4, -0.2) is 56.3 Å². The predicted octanol–water partition coefficient (Wildman–Crippen LogP) is 3.39. The maximum atomic E-state index is 14.3. The zero-order valence-corrected chi connectivity index (χ0v) is 18.7. The zero-order valence-electron chi connectivity index (χ0n) is 17.1. The van der Waals surface area contributed by atoms with Crippen molar-refractivity contribution in [3.05, 3.63) is 46.2 Å². The highest BCUT2D eigenvalue weighted by atomic mass is 32.1. The van der Waals surface area contributed by atoms with Gasteiger partial charge in [-0.3, -0.25) is 4.90 Å². The molecular formula is C20H23FN8S2. The van der Waals surface area contributed by atoms with Gasteiger partial charge in [-0.15, -0.1) is 16.4 Å². The Hall–Kier alpha value is -2.63. The molecule has 4 heterocycles. The number of benzene rings is 1. The van der Waals surface area contributed by atoms with Crippen molar-refractivity contribution in [1.29, 1.82) is 0 Å². The van der Waals surface area contributed by atoms with E-state index in [-0.39, 0.29) is 17.5 Å². The van der Waals surface area contributed by atoms with Gasteiger partial charge < -0.3 is 10.6 Å². The molecule has 162 valence electrons. The van der Waals surface area contributed by atoms with Crippen LogP contribution in [0.4, 0.5) is 15.2 Å². The molecule has 11 heteroatoms. The number of nitrogens with two attached hydrogens (primary N) is 1. The molecular weight excluding hydrogens is 435 g/mol. The van der Waals surface area contributed by atoms with Gasteiger partial charge >= 0.3 is 0 Å². The first-order chi connectivity index (χ1) is 15.1. The Labute approximate surface area is 187 Å². The number of nitrogen functional groups attached to an aromatic ring is 1. The molecule has 5 rings (SSSR count). The van der Waals surface area contributed by atoms with Gasteiger partial charge in [0, 0.05) is 31.1 Å². The van der Waals surface area contributed by atoms with Crippen molar-refractivity contribution in [2.45, 2.75) is 25.9 Å². The summed E-state index contributed by atoms with van der Waals surface area (Å²) in [7, 11) is 0. The van der Waals surface area contributed by atoms with Gasteiger partial charge in [-0.2, -0.15) is 0 Å². The summed E-state index contributed by atoms with van der Waals surface area (Å²) >= 11 is 3.08. The highest BCUT2D eigenvalue weighted by Gasteiger charge is 2.29. The number of aromatic nitrogens is 5. The van der Waals surface area contributed by atoms with Gasteiger partial charge in [0.1, 0.15) is 0 Å². The van der Waals surface area contributed by atoms with Crippen LogP contribution in [0.3, 0.4) is 0 Å². The van der Waals surface area contributed by atoms with E-state index in [0.717, 1.165) is 43.6 Å². The van der Waals surface area contributed by atoms with Crippen molar-refractivity contribution >= 4 is 43.7 Å². The molecule has 3 aromatic heterocycles. The summed E-state index contributed by atoms with van der Waals surface area (Å²) in [6.07, 6.45) is 0.927. The van der Waals surface area contributed by atoms with E-state index in [1.807, 2.05) is 10.7 Å². The molecule has 4 aromatic rings. The summed E-state index contributed by atoms with van der Waals surface area (Å²) in [4.78, 5) is 10.5. The largest absolute Gasteiger partial charge is 0.396 e. The van der Waals surface area contributed by atoms with Gasteiger partial charge in [-0.1, -0.05) is 24.3 Å². The molecule has 31 heavy (non-hydrogen) atoms. The van der Waals surface area contributed by atoms with E-state index in [2.05, 4.69) is 48.7 Å². The highest BCUT2D eigenvalue weighted by molar-refractivity contribution is 7.22. The monoisotopic (exact) mass is 458 g/mol. The molecule has 2 N–H and O–H groups in total. The highest BCUT2D eigenvalue weighted by Crippen LogP contribution is 2.34. The van der Waals surface area contributed by atoms with Gasteiger partial charge in [-0.05, 0) is 40.4 Å². The fraction of sp³-hybridized carbons (Fsp3) is 0.400. The van der Waals surface area contributed by atoms with E-state index in [4.69, 9.17) is 5.73 Å². The standard InChI is InChI=1S/C20H23FN8S2/c1-2-16(19-24-25-26-29(19)12-13-4-3-11-30-13)27-7-9-28(10-8-27)20-23-15-6-5-14(22)17(21)18(15)31-20/h3-6,11,16H,2,7-10,12,22H2,1H3. The van der Waals surface area contributed by atoms with Gasteiger partial charge in [0.15, 0.2) is 16.8 Å². The Kier molecular flexibility index (Phi) is 5.55. The van der Waals surface area contributed by atoms with E-state index in [1.165, 1.54) is 16.2 Å². The maximum Gasteiger partial charge on any atom is 0.186 e. The first-order valence-electron chi connectivity index (χ1n) is 10.3. The molecule has 0 aliphatic carbocycles. The summed E-state index contributed by atoms with van der Waals surface area (Å²) in [6.45, 7) is 6.23. The van der Waals surface area contributed by atoms with Crippen LogP contribution in [-0.2, 0) is 6.54 Å². The lowest BCUT2D eigenvalue weighted by Gasteiger charge is -2.38. The number of rotatable bonds is 6. The van der Waals surface area contributed by atoms with Gasteiger partial charge in [0.05, 0.1) is 28.5 Å². The number of halogens is 1. The first kappa shape index (κ1) is 20.3. The van der Waals surface area contributed by atoms with E-state index in [1.54, 1.807) is 23.5 Å². The number of hydrogen-bond acceptors (Lipinski definition) is 9. The summed E-state index contributed by atoms with van der Waals surface area (Å²) in [5.74, 6) is 0.533. The van der Waals surface area contributed by atoms with Crippen LogP contribution in [0.25, 0.3) is 10.2 Å². The predicted molar refractivity (Wildman–Crippen MR) is 122 cm³/mol. The topological polar surface area (TPSA) is 89.0 Å². The third kappa shape index (κ3) is 3.88. The minimum Gasteiger partial charge on any atom is -0.396 e. The molecule has 0 amide bonds. The second-order valence-electron chi connectivity index (χ2n) is 7.53. The van der Waals surface area contributed by atoms with Crippen LogP contribution in [0.15, 0.2) is 29.6 Å². The molecule has 0 saturated carbocycles. The SMILES string of the molecule is CCC(c1nnnn1Cc1cccs1)N1CCN(c2nc3ccc(N)c(F)c3s2)CC1. The average Bonchev–Trinajstić information content (AvgIpc) is 3.54. The van der Waals surface area contributed by atoms with Gasteiger partial charge in [-0.25, -0.2) is 14.1 Å². The molecule has 1 aliphatic heterocycles. The lowest BCUT2D eigenvalue weighted by atomic mass is 10.1. The number of piperazine rings is 1. The Morgan fingerprint density at radius 2 is 2.03 bits per heavy atom. The number of fused-ring (bicyclic) bond motifs is 1. The van der Waals surface area contributed by atoms with E-state index in [9.17, 15) is 4.39 Å². The van der Waals surface area contributed by atoms with E-state index < -0.39 is 0 Å². The third-order valence-electron chi connectivity index (χ3n) is 5.67. The number of thiophene rings is 1. The molecule has 0 spiro atoms. The molecule has 1 saturated heterocycles. The lowest BCUT2D eigenvalue weighted by Crippen LogP contribution is -2.48. The fourth-order valence-corrected chi connectivity index (χ4v) is 5.79. The van der Waals surface area contributed by atoms with Crippen LogP contribution in [0.5, 0.6) is 0 Å². The van der Waals surface area contributed by atoms with Gasteiger partial charge in [0.2, 0.25) is 0 Å². The Bertz CT molecular complexity index is 1160. The smallest absolute Gasteiger partial charge is 0.186 e. The Morgan fingerprint density at radius 1 is 1.19 bits per heavy atom. The first-order valence-corrected chi connectivity index (χ1v) is 12.0. The third-order valence-corrected chi connectivity index (χ3v) is 7.66. The summed E-state index contributed by atoms with van der Waals surface area (Å²) < 4.78 is 16.8. The fourth-order valence-electron chi connectivity index (χ4n) is 4.04. The normalized spacial score (nSPS) is 16.3. The summed E-state index contributed by atoms with van der Waals surface area (Å²) in [5.41, 5.74) is 6.53. The number of thiazole rings is 1. The molecule has 1 unspecified atom stereocenters. The minimum absolute atomic E-state index is 0.157. The quantitative estimate of drug-likeness (QED) is 0.443. The van der Waals surface area contributed by atoms with Crippen LogP contribution in [0.2, 0.25) is 0 Å². The molecule has 0 bridgehead atoms.